The Morgan fingerprint density at radius 1 is 1.33 bits per heavy atom. The summed E-state index contributed by atoms with van der Waals surface area (Å²) in [6.45, 7) is 10.3. The molecule has 5 nitrogen and oxygen atoms in total. The van der Waals surface area contributed by atoms with Gasteiger partial charge in [0.2, 0.25) is 0 Å². The molecule has 24 heavy (non-hydrogen) atoms. The van der Waals surface area contributed by atoms with Crippen molar-refractivity contribution in [1.29, 1.82) is 0 Å². The van der Waals surface area contributed by atoms with Crippen molar-refractivity contribution in [3.63, 3.8) is 0 Å². The number of likely N-dealkylation sites (tertiary alicyclic amines) is 1. The zero-order valence-electron chi connectivity index (χ0n) is 15.2. The standard InChI is InChI=1S/C19H31N3O2/c1-4-22-13-5-6-17(14-22)21-19(23)20-12-11-16-7-9-18(10-8-16)24-15(2)3/h7-10,15,17H,4-6,11-14H2,1-3H3,(H2,20,21,23)/p+1/t17-/m1/s1. The number of ether oxygens (including phenoxy) is 1. The molecule has 1 saturated heterocycles. The minimum atomic E-state index is -0.0443. The molecule has 0 aromatic heterocycles. The lowest BCUT2D eigenvalue weighted by Crippen LogP contribution is -3.14. The third-order valence-corrected chi connectivity index (χ3v) is 4.45. The number of amides is 2. The molecule has 0 radical (unpaired) electrons. The number of piperidine rings is 1. The van der Waals surface area contributed by atoms with Gasteiger partial charge in [-0.25, -0.2) is 4.79 Å². The summed E-state index contributed by atoms with van der Waals surface area (Å²) in [5.41, 5.74) is 1.20. The SMILES string of the molecule is CC[NH+]1CCC[C@@H](NC(=O)NCCc2ccc(OC(C)C)cc2)C1. The Morgan fingerprint density at radius 3 is 2.75 bits per heavy atom. The lowest BCUT2D eigenvalue weighted by Gasteiger charge is -2.29. The summed E-state index contributed by atoms with van der Waals surface area (Å²) in [5.74, 6) is 0.889. The van der Waals surface area contributed by atoms with E-state index < -0.39 is 0 Å². The monoisotopic (exact) mass is 334 g/mol. The van der Waals surface area contributed by atoms with Crippen LogP contribution in [0.25, 0.3) is 0 Å². The molecule has 1 aliphatic rings. The topological polar surface area (TPSA) is 54.8 Å². The molecule has 3 N–H and O–H groups in total. The Bertz CT molecular complexity index is 502. The summed E-state index contributed by atoms with van der Waals surface area (Å²) < 4.78 is 5.63. The van der Waals surface area contributed by atoms with Crippen molar-refractivity contribution >= 4 is 6.03 Å². The number of benzene rings is 1. The number of nitrogens with one attached hydrogen (secondary N) is 3. The summed E-state index contributed by atoms with van der Waals surface area (Å²) in [6, 6.07) is 8.35. The van der Waals surface area contributed by atoms with Gasteiger partial charge < -0.3 is 20.3 Å². The van der Waals surface area contributed by atoms with Crippen molar-refractivity contribution in [2.75, 3.05) is 26.2 Å². The highest BCUT2D eigenvalue weighted by Gasteiger charge is 2.22. The van der Waals surface area contributed by atoms with Crippen LogP contribution < -0.4 is 20.3 Å². The van der Waals surface area contributed by atoms with Crippen LogP contribution in [0.2, 0.25) is 0 Å². The van der Waals surface area contributed by atoms with Gasteiger partial charge in [-0.15, -0.1) is 0 Å². The summed E-state index contributed by atoms with van der Waals surface area (Å²) in [5, 5.41) is 6.08. The third kappa shape index (κ3) is 6.40. The molecule has 0 bridgehead atoms. The normalized spacial score (nSPS) is 20.7. The van der Waals surface area contributed by atoms with E-state index in [2.05, 4.69) is 29.7 Å². The average Bonchev–Trinajstić information content (AvgIpc) is 2.56. The molecule has 1 aromatic rings. The fraction of sp³-hybridized carbons (Fsp3) is 0.632. The van der Waals surface area contributed by atoms with Gasteiger partial charge in [-0.2, -0.15) is 0 Å². The van der Waals surface area contributed by atoms with Crippen LogP contribution >= 0.6 is 0 Å². The first-order chi connectivity index (χ1) is 11.6. The lowest BCUT2D eigenvalue weighted by atomic mass is 10.1. The second-order valence-electron chi connectivity index (χ2n) is 6.86. The molecule has 0 saturated carbocycles. The molecule has 1 heterocycles. The van der Waals surface area contributed by atoms with Crippen molar-refractivity contribution in [3.8, 4) is 5.75 Å². The van der Waals surface area contributed by atoms with Crippen LogP contribution in [-0.2, 0) is 6.42 Å². The van der Waals surface area contributed by atoms with E-state index in [9.17, 15) is 4.79 Å². The lowest BCUT2D eigenvalue weighted by molar-refractivity contribution is -0.904. The molecule has 134 valence electrons. The van der Waals surface area contributed by atoms with Crippen molar-refractivity contribution < 1.29 is 14.4 Å². The van der Waals surface area contributed by atoms with E-state index in [1.807, 2.05) is 26.0 Å². The van der Waals surface area contributed by atoms with Gasteiger partial charge in [0.1, 0.15) is 5.75 Å². The van der Waals surface area contributed by atoms with Crippen LogP contribution in [0.4, 0.5) is 4.79 Å². The maximum Gasteiger partial charge on any atom is 0.315 e. The Labute approximate surface area is 145 Å². The largest absolute Gasteiger partial charge is 0.491 e. The van der Waals surface area contributed by atoms with Crippen LogP contribution in [-0.4, -0.2) is 44.4 Å². The minimum Gasteiger partial charge on any atom is -0.491 e. The van der Waals surface area contributed by atoms with E-state index in [-0.39, 0.29) is 12.1 Å². The van der Waals surface area contributed by atoms with Crippen LogP contribution in [0.15, 0.2) is 24.3 Å². The van der Waals surface area contributed by atoms with Crippen LogP contribution in [0, 0.1) is 0 Å². The van der Waals surface area contributed by atoms with Gasteiger partial charge in [-0.3, -0.25) is 0 Å². The number of likely N-dealkylation sites (N-methyl/N-ethyl adjacent to an activating group) is 1. The molecule has 2 atom stereocenters. The highest BCUT2D eigenvalue weighted by molar-refractivity contribution is 5.74. The van der Waals surface area contributed by atoms with Gasteiger partial charge in [-0.05, 0) is 57.7 Å². The number of quaternary nitrogens is 1. The predicted molar refractivity (Wildman–Crippen MR) is 96.7 cm³/mol. The Morgan fingerprint density at radius 2 is 2.08 bits per heavy atom. The Kier molecular flexibility index (Phi) is 7.37. The maximum absolute atomic E-state index is 12.0. The number of hydrogen-bond donors (Lipinski definition) is 3. The number of urea groups is 1. The van der Waals surface area contributed by atoms with Gasteiger partial charge in [-0.1, -0.05) is 12.1 Å². The molecule has 5 heteroatoms. The predicted octanol–water partition coefficient (Wildman–Crippen LogP) is 1.38. The van der Waals surface area contributed by atoms with Crippen LogP contribution in [0.3, 0.4) is 0 Å². The number of carbonyl (C=O) groups is 1. The summed E-state index contributed by atoms with van der Waals surface area (Å²) >= 11 is 0. The van der Waals surface area contributed by atoms with Crippen LogP contribution in [0.5, 0.6) is 5.75 Å². The molecule has 0 aliphatic carbocycles. The molecular formula is C19H32N3O2+. The maximum atomic E-state index is 12.0. The van der Waals surface area contributed by atoms with E-state index in [1.165, 1.54) is 18.5 Å². The second-order valence-corrected chi connectivity index (χ2v) is 6.86. The highest BCUT2D eigenvalue weighted by Crippen LogP contribution is 2.13. The molecule has 0 spiro atoms. The molecule has 2 rings (SSSR count). The first-order valence-corrected chi connectivity index (χ1v) is 9.20. The molecule has 1 fully saturated rings. The van der Waals surface area contributed by atoms with E-state index >= 15 is 0 Å². The summed E-state index contributed by atoms with van der Waals surface area (Å²) in [7, 11) is 0. The molecule has 1 aliphatic heterocycles. The van der Waals surface area contributed by atoms with Gasteiger partial charge >= 0.3 is 6.03 Å². The van der Waals surface area contributed by atoms with Crippen molar-refractivity contribution in [2.45, 2.75) is 52.2 Å². The number of hydrogen-bond acceptors (Lipinski definition) is 2. The number of carbonyl (C=O) groups excluding carboxylic acids is 1. The third-order valence-electron chi connectivity index (χ3n) is 4.45. The fourth-order valence-corrected chi connectivity index (χ4v) is 3.16. The smallest absolute Gasteiger partial charge is 0.315 e. The van der Waals surface area contributed by atoms with Gasteiger partial charge in [0.05, 0.1) is 31.8 Å². The Balaban J connectivity index is 1.67. The molecule has 2 amide bonds. The number of rotatable bonds is 7. The zero-order valence-corrected chi connectivity index (χ0v) is 15.2. The first-order valence-electron chi connectivity index (χ1n) is 9.20. The van der Waals surface area contributed by atoms with Gasteiger partial charge in [0.25, 0.3) is 0 Å². The van der Waals surface area contributed by atoms with Crippen molar-refractivity contribution in [3.05, 3.63) is 29.8 Å². The fourth-order valence-electron chi connectivity index (χ4n) is 3.16. The molecule has 1 unspecified atom stereocenters. The zero-order chi connectivity index (χ0) is 17.4. The van der Waals surface area contributed by atoms with Crippen molar-refractivity contribution in [2.24, 2.45) is 0 Å². The molecule has 1 aromatic carbocycles. The van der Waals surface area contributed by atoms with Gasteiger partial charge in [0, 0.05) is 6.54 Å². The van der Waals surface area contributed by atoms with Crippen molar-refractivity contribution in [1.82, 2.24) is 10.6 Å². The average molecular weight is 334 g/mol. The van der Waals surface area contributed by atoms with Crippen LogP contribution in [0.1, 0.15) is 39.2 Å². The summed E-state index contributed by atoms with van der Waals surface area (Å²) in [4.78, 5) is 13.6. The van der Waals surface area contributed by atoms with E-state index in [1.54, 1.807) is 4.90 Å². The second kappa shape index (κ2) is 9.52. The van der Waals surface area contributed by atoms with Gasteiger partial charge in [0.15, 0.2) is 0 Å². The van der Waals surface area contributed by atoms with E-state index in [0.29, 0.717) is 12.6 Å². The highest BCUT2D eigenvalue weighted by atomic mass is 16.5. The minimum absolute atomic E-state index is 0.0443. The van der Waals surface area contributed by atoms with E-state index in [0.717, 1.165) is 31.7 Å². The van der Waals surface area contributed by atoms with E-state index in [4.69, 9.17) is 4.74 Å². The Hall–Kier alpha value is -1.75. The quantitative estimate of drug-likeness (QED) is 0.706. The molecular weight excluding hydrogens is 302 g/mol. The summed E-state index contributed by atoms with van der Waals surface area (Å²) in [6.07, 6.45) is 3.30. The first kappa shape index (κ1) is 18.6.